The Bertz CT molecular complexity index is 303. The summed E-state index contributed by atoms with van der Waals surface area (Å²) >= 11 is 0. The van der Waals surface area contributed by atoms with Gasteiger partial charge in [-0.1, -0.05) is 0 Å². The van der Waals surface area contributed by atoms with Crippen LogP contribution in [0.15, 0.2) is 18.2 Å². The first-order chi connectivity index (χ1) is 6.11. The Morgan fingerprint density at radius 3 is 2.31 bits per heavy atom. The summed E-state index contributed by atoms with van der Waals surface area (Å²) in [7, 11) is 1.35. The van der Waals surface area contributed by atoms with E-state index >= 15 is 0 Å². The van der Waals surface area contributed by atoms with E-state index in [0.29, 0.717) is 11.4 Å². The summed E-state index contributed by atoms with van der Waals surface area (Å²) in [6.07, 6.45) is 0.200. The summed E-state index contributed by atoms with van der Waals surface area (Å²) in [6, 6.07) is 5.04. The van der Waals surface area contributed by atoms with Gasteiger partial charge in [0.2, 0.25) is 0 Å². The van der Waals surface area contributed by atoms with E-state index in [4.69, 9.17) is 11.5 Å². The minimum atomic E-state index is -0.301. The summed E-state index contributed by atoms with van der Waals surface area (Å²) in [5, 5.41) is 0. The number of carbonyl (C=O) groups is 1. The molecule has 0 radical (unpaired) electrons. The van der Waals surface area contributed by atoms with Crippen LogP contribution in [0.4, 0.5) is 11.4 Å². The largest absolute Gasteiger partial charge is 0.469 e. The molecule has 0 atom stereocenters. The monoisotopic (exact) mass is 180 g/mol. The van der Waals surface area contributed by atoms with Crippen molar-refractivity contribution in [3.8, 4) is 0 Å². The third kappa shape index (κ3) is 2.66. The summed E-state index contributed by atoms with van der Waals surface area (Å²) in [5.41, 5.74) is 13.0. The van der Waals surface area contributed by atoms with Crippen LogP contribution in [-0.4, -0.2) is 13.1 Å². The molecule has 0 saturated carbocycles. The molecule has 13 heavy (non-hydrogen) atoms. The highest BCUT2D eigenvalue weighted by molar-refractivity contribution is 5.73. The lowest BCUT2D eigenvalue weighted by Gasteiger charge is -2.03. The van der Waals surface area contributed by atoms with Gasteiger partial charge in [0.15, 0.2) is 0 Å². The third-order valence-corrected chi connectivity index (χ3v) is 1.61. The normalized spacial score (nSPS) is 9.62. The fourth-order valence-corrected chi connectivity index (χ4v) is 1.09. The lowest BCUT2D eigenvalue weighted by Crippen LogP contribution is -2.05. The second kappa shape index (κ2) is 3.80. The molecule has 1 aromatic rings. The number of esters is 1. The number of nitrogen functional groups attached to an aromatic ring is 2. The van der Waals surface area contributed by atoms with E-state index in [1.807, 2.05) is 0 Å². The summed E-state index contributed by atoms with van der Waals surface area (Å²) in [4.78, 5) is 10.9. The van der Waals surface area contributed by atoms with Gasteiger partial charge in [-0.2, -0.15) is 0 Å². The Hall–Kier alpha value is -1.71. The van der Waals surface area contributed by atoms with Crippen LogP contribution in [-0.2, 0) is 16.0 Å². The number of hydrogen-bond acceptors (Lipinski definition) is 4. The van der Waals surface area contributed by atoms with Gasteiger partial charge in [0, 0.05) is 11.4 Å². The third-order valence-electron chi connectivity index (χ3n) is 1.61. The molecule has 0 aliphatic carbocycles. The van der Waals surface area contributed by atoms with Crippen LogP contribution in [0, 0.1) is 0 Å². The van der Waals surface area contributed by atoms with E-state index in [0.717, 1.165) is 5.56 Å². The molecule has 0 heterocycles. The van der Waals surface area contributed by atoms with Crippen LogP contribution in [0.5, 0.6) is 0 Å². The number of anilines is 2. The van der Waals surface area contributed by atoms with Gasteiger partial charge in [0.25, 0.3) is 0 Å². The van der Waals surface area contributed by atoms with Gasteiger partial charge in [-0.15, -0.1) is 0 Å². The summed E-state index contributed by atoms with van der Waals surface area (Å²) < 4.78 is 4.51. The van der Waals surface area contributed by atoms with E-state index in [1.165, 1.54) is 7.11 Å². The van der Waals surface area contributed by atoms with E-state index in [2.05, 4.69) is 4.74 Å². The second-order valence-electron chi connectivity index (χ2n) is 2.76. The van der Waals surface area contributed by atoms with Crippen molar-refractivity contribution in [2.45, 2.75) is 6.42 Å². The van der Waals surface area contributed by atoms with E-state index in [1.54, 1.807) is 18.2 Å². The Morgan fingerprint density at radius 1 is 1.31 bits per heavy atom. The lowest BCUT2D eigenvalue weighted by molar-refractivity contribution is -0.139. The summed E-state index contributed by atoms with van der Waals surface area (Å²) in [5.74, 6) is -0.301. The number of hydrogen-bond donors (Lipinski definition) is 2. The Morgan fingerprint density at radius 2 is 1.85 bits per heavy atom. The highest BCUT2D eigenvalue weighted by Gasteiger charge is 2.03. The zero-order valence-electron chi connectivity index (χ0n) is 7.41. The Balaban J connectivity index is 2.83. The maximum Gasteiger partial charge on any atom is 0.309 e. The molecule has 0 unspecified atom stereocenters. The molecule has 70 valence electrons. The molecule has 4 heteroatoms. The van der Waals surface area contributed by atoms with E-state index in [9.17, 15) is 4.79 Å². The minimum absolute atomic E-state index is 0.200. The molecular formula is C9H12N2O2. The highest BCUT2D eigenvalue weighted by atomic mass is 16.5. The molecule has 1 aromatic carbocycles. The molecule has 0 spiro atoms. The van der Waals surface area contributed by atoms with Crippen LogP contribution < -0.4 is 11.5 Å². The maximum atomic E-state index is 10.9. The number of nitrogens with two attached hydrogens (primary N) is 2. The quantitative estimate of drug-likeness (QED) is 0.515. The Labute approximate surface area is 76.5 Å². The zero-order valence-corrected chi connectivity index (χ0v) is 7.41. The summed E-state index contributed by atoms with van der Waals surface area (Å²) in [6.45, 7) is 0. The van der Waals surface area contributed by atoms with Gasteiger partial charge >= 0.3 is 5.97 Å². The van der Waals surface area contributed by atoms with Crippen LogP contribution in [0.25, 0.3) is 0 Å². The topological polar surface area (TPSA) is 78.3 Å². The number of benzene rings is 1. The van der Waals surface area contributed by atoms with Gasteiger partial charge < -0.3 is 16.2 Å². The average Bonchev–Trinajstić information content (AvgIpc) is 2.02. The molecule has 0 fully saturated rings. The van der Waals surface area contributed by atoms with E-state index < -0.39 is 0 Å². The van der Waals surface area contributed by atoms with Crippen molar-refractivity contribution < 1.29 is 9.53 Å². The van der Waals surface area contributed by atoms with Crippen molar-refractivity contribution >= 4 is 17.3 Å². The first-order valence-electron chi connectivity index (χ1n) is 3.83. The van der Waals surface area contributed by atoms with Gasteiger partial charge in [-0.05, 0) is 23.8 Å². The van der Waals surface area contributed by atoms with Crippen molar-refractivity contribution in [2.24, 2.45) is 0 Å². The molecule has 0 bridgehead atoms. The first-order valence-corrected chi connectivity index (χ1v) is 3.83. The molecule has 0 saturated heterocycles. The standard InChI is InChI=1S/C9H12N2O2/c1-13-9(12)4-6-2-7(10)5-8(11)3-6/h2-3,5H,4,10-11H2,1H3. The van der Waals surface area contributed by atoms with Crippen LogP contribution >= 0.6 is 0 Å². The Kier molecular flexibility index (Phi) is 2.74. The molecule has 4 nitrogen and oxygen atoms in total. The van der Waals surface area contributed by atoms with Crippen molar-refractivity contribution in [3.05, 3.63) is 23.8 Å². The molecular weight excluding hydrogens is 168 g/mol. The number of methoxy groups -OCH3 is 1. The SMILES string of the molecule is COC(=O)Cc1cc(N)cc(N)c1. The highest BCUT2D eigenvalue weighted by Crippen LogP contribution is 2.14. The number of rotatable bonds is 2. The van der Waals surface area contributed by atoms with Crippen LogP contribution in [0.2, 0.25) is 0 Å². The van der Waals surface area contributed by atoms with Gasteiger partial charge in [0.1, 0.15) is 0 Å². The van der Waals surface area contributed by atoms with Gasteiger partial charge in [0.05, 0.1) is 13.5 Å². The molecule has 0 aromatic heterocycles. The van der Waals surface area contributed by atoms with Gasteiger partial charge in [-0.25, -0.2) is 0 Å². The van der Waals surface area contributed by atoms with Crippen molar-refractivity contribution in [2.75, 3.05) is 18.6 Å². The molecule has 4 N–H and O–H groups in total. The van der Waals surface area contributed by atoms with E-state index in [-0.39, 0.29) is 12.4 Å². The molecule has 0 aliphatic heterocycles. The fraction of sp³-hybridized carbons (Fsp3) is 0.222. The first kappa shape index (κ1) is 9.38. The predicted octanol–water partition coefficient (Wildman–Crippen LogP) is 0.567. The van der Waals surface area contributed by atoms with Crippen molar-refractivity contribution in [1.29, 1.82) is 0 Å². The fourth-order valence-electron chi connectivity index (χ4n) is 1.09. The number of ether oxygens (including phenoxy) is 1. The maximum absolute atomic E-state index is 10.9. The number of carbonyl (C=O) groups excluding carboxylic acids is 1. The van der Waals surface area contributed by atoms with Crippen molar-refractivity contribution in [3.63, 3.8) is 0 Å². The average molecular weight is 180 g/mol. The predicted molar refractivity (Wildman–Crippen MR) is 51.0 cm³/mol. The molecule has 0 aliphatic rings. The van der Waals surface area contributed by atoms with Crippen LogP contribution in [0.3, 0.4) is 0 Å². The molecule has 0 amide bonds. The van der Waals surface area contributed by atoms with Crippen LogP contribution in [0.1, 0.15) is 5.56 Å². The zero-order chi connectivity index (χ0) is 9.84. The second-order valence-corrected chi connectivity index (χ2v) is 2.76. The van der Waals surface area contributed by atoms with Gasteiger partial charge in [-0.3, -0.25) is 4.79 Å². The lowest BCUT2D eigenvalue weighted by atomic mass is 10.1. The smallest absolute Gasteiger partial charge is 0.309 e. The van der Waals surface area contributed by atoms with Crippen molar-refractivity contribution in [1.82, 2.24) is 0 Å². The minimum Gasteiger partial charge on any atom is -0.469 e. The molecule has 1 rings (SSSR count).